The maximum Gasteiger partial charge on any atom is 0.339 e. The predicted octanol–water partition coefficient (Wildman–Crippen LogP) is 4.69. The molecule has 0 aliphatic heterocycles. The second-order valence-corrected chi connectivity index (χ2v) is 6.72. The minimum Gasteiger partial charge on any atom is -0.462 e. The highest BCUT2D eigenvalue weighted by Crippen LogP contribution is 2.40. The molecule has 0 spiro atoms. The molecule has 2 rings (SSSR count). The van der Waals surface area contributed by atoms with Gasteiger partial charge in [0.15, 0.2) is 0 Å². The maximum absolute atomic E-state index is 11.7. The van der Waals surface area contributed by atoms with Gasteiger partial charge >= 0.3 is 5.97 Å². The number of carbonyl (C=O) groups is 1. The van der Waals surface area contributed by atoms with E-state index >= 15 is 0 Å². The van der Waals surface area contributed by atoms with Crippen LogP contribution < -0.4 is 0 Å². The number of carbonyl (C=O) groups excluding carboxylic acids is 1. The van der Waals surface area contributed by atoms with E-state index in [9.17, 15) is 4.79 Å². The number of nitrogens with zero attached hydrogens (tertiary/aromatic N) is 1. The molecule has 0 atom stereocenters. The van der Waals surface area contributed by atoms with Crippen LogP contribution in [-0.2, 0) is 4.74 Å². The lowest BCUT2D eigenvalue weighted by molar-refractivity contribution is 0.0526. The van der Waals surface area contributed by atoms with Crippen molar-refractivity contribution in [1.82, 2.24) is 4.98 Å². The Bertz CT molecular complexity index is 730. The summed E-state index contributed by atoms with van der Waals surface area (Å²) in [6, 6.07) is 1.71. The third-order valence-corrected chi connectivity index (χ3v) is 4.34. The topological polar surface area (TPSA) is 39.2 Å². The van der Waals surface area contributed by atoms with Crippen LogP contribution in [0.2, 0.25) is 0 Å². The summed E-state index contributed by atoms with van der Waals surface area (Å²) in [6.45, 7) is 8.91. The monoisotopic (exact) mass is 323 g/mol. The first-order valence-corrected chi connectivity index (χ1v) is 8.44. The normalized spacial score (nSPS) is 16.7. The van der Waals surface area contributed by atoms with Gasteiger partial charge in [0.1, 0.15) is 0 Å². The van der Waals surface area contributed by atoms with Crippen molar-refractivity contribution < 1.29 is 9.53 Å². The molecule has 1 aliphatic rings. The Balaban J connectivity index is 2.13. The van der Waals surface area contributed by atoms with Crippen molar-refractivity contribution in [1.29, 1.82) is 0 Å². The molecule has 1 aliphatic carbocycles. The summed E-state index contributed by atoms with van der Waals surface area (Å²) < 4.78 is 4.98. The summed E-state index contributed by atoms with van der Waals surface area (Å²) in [4.78, 5) is 15.8. The van der Waals surface area contributed by atoms with E-state index in [2.05, 4.69) is 43.7 Å². The standard InChI is InChI=1S/C21H25NO2/c1-5-24-20(23)18-13-17(14-22-15-18)10-6-7-11-19-16(2)9-8-12-21(19,3)4/h7,11,13-15H,5,8-9,12H2,1-4H3/b11-7+. The Hall–Kier alpha value is -2.34. The average molecular weight is 323 g/mol. The fourth-order valence-electron chi connectivity index (χ4n) is 3.09. The van der Waals surface area contributed by atoms with Crippen molar-refractivity contribution in [2.75, 3.05) is 6.61 Å². The van der Waals surface area contributed by atoms with Crippen LogP contribution in [0.4, 0.5) is 0 Å². The van der Waals surface area contributed by atoms with Crippen LogP contribution in [0, 0.1) is 17.3 Å². The van der Waals surface area contributed by atoms with Crippen LogP contribution in [0.5, 0.6) is 0 Å². The van der Waals surface area contributed by atoms with E-state index in [1.54, 1.807) is 19.2 Å². The molecule has 3 heteroatoms. The zero-order chi connectivity index (χ0) is 17.6. The van der Waals surface area contributed by atoms with Gasteiger partial charge in [0.05, 0.1) is 12.2 Å². The van der Waals surface area contributed by atoms with Crippen molar-refractivity contribution in [3.05, 3.63) is 52.9 Å². The lowest BCUT2D eigenvalue weighted by Gasteiger charge is -2.32. The molecule has 0 unspecified atom stereocenters. The largest absolute Gasteiger partial charge is 0.462 e. The van der Waals surface area contributed by atoms with Crippen LogP contribution in [-0.4, -0.2) is 17.6 Å². The molecule has 0 radical (unpaired) electrons. The van der Waals surface area contributed by atoms with Gasteiger partial charge in [-0.25, -0.2) is 4.79 Å². The van der Waals surface area contributed by atoms with Gasteiger partial charge in [-0.2, -0.15) is 0 Å². The lowest BCUT2D eigenvalue weighted by atomic mass is 9.73. The Morgan fingerprint density at radius 3 is 2.92 bits per heavy atom. The molecule has 126 valence electrons. The van der Waals surface area contributed by atoms with Crippen LogP contribution in [0.15, 0.2) is 41.8 Å². The van der Waals surface area contributed by atoms with E-state index in [1.807, 2.05) is 6.08 Å². The molecule has 1 aromatic heterocycles. The third kappa shape index (κ3) is 4.58. The molecule has 1 heterocycles. The number of esters is 1. The summed E-state index contributed by atoms with van der Waals surface area (Å²) in [7, 11) is 0. The van der Waals surface area contributed by atoms with Gasteiger partial charge in [-0.05, 0) is 56.2 Å². The highest BCUT2D eigenvalue weighted by atomic mass is 16.5. The molecule has 1 aromatic rings. The van der Waals surface area contributed by atoms with Gasteiger partial charge < -0.3 is 4.74 Å². The van der Waals surface area contributed by atoms with Gasteiger partial charge in [-0.1, -0.05) is 37.3 Å². The van der Waals surface area contributed by atoms with Gasteiger partial charge in [-0.15, -0.1) is 0 Å². The molecule has 0 N–H and O–H groups in total. The molecule has 0 saturated heterocycles. The van der Waals surface area contributed by atoms with Crippen molar-refractivity contribution in [3.63, 3.8) is 0 Å². The lowest BCUT2D eigenvalue weighted by Crippen LogP contribution is -2.18. The minimum atomic E-state index is -0.367. The predicted molar refractivity (Wildman–Crippen MR) is 96.5 cm³/mol. The highest BCUT2D eigenvalue weighted by molar-refractivity contribution is 5.89. The number of hydrogen-bond acceptors (Lipinski definition) is 3. The zero-order valence-corrected chi connectivity index (χ0v) is 15.0. The van der Waals surface area contributed by atoms with Crippen LogP contribution in [0.1, 0.15) is 62.9 Å². The number of aromatic nitrogens is 1. The molecule has 3 nitrogen and oxygen atoms in total. The van der Waals surface area contributed by atoms with Gasteiger partial charge in [0.25, 0.3) is 0 Å². The van der Waals surface area contributed by atoms with Crippen LogP contribution in [0.3, 0.4) is 0 Å². The summed E-state index contributed by atoms with van der Waals surface area (Å²) in [5.41, 5.74) is 4.20. The van der Waals surface area contributed by atoms with Crippen molar-refractivity contribution in [2.45, 2.75) is 47.0 Å². The van der Waals surface area contributed by atoms with Gasteiger partial charge in [-0.3, -0.25) is 4.98 Å². The smallest absolute Gasteiger partial charge is 0.339 e. The Kier molecular flexibility index (Phi) is 5.98. The third-order valence-electron chi connectivity index (χ3n) is 4.34. The molecular formula is C21H25NO2. The van der Waals surface area contributed by atoms with E-state index in [4.69, 9.17) is 4.74 Å². The molecule has 0 bridgehead atoms. The fraction of sp³-hybridized carbons (Fsp3) is 0.429. The second-order valence-electron chi connectivity index (χ2n) is 6.72. The van der Waals surface area contributed by atoms with Crippen molar-refractivity contribution >= 4 is 5.97 Å². The Labute approximate surface area is 144 Å². The van der Waals surface area contributed by atoms with E-state index in [-0.39, 0.29) is 11.4 Å². The fourth-order valence-corrected chi connectivity index (χ4v) is 3.09. The molecule has 0 aromatic carbocycles. The first-order chi connectivity index (χ1) is 11.4. The van der Waals surface area contributed by atoms with Crippen molar-refractivity contribution in [2.24, 2.45) is 5.41 Å². The molecule has 0 amide bonds. The first-order valence-electron chi connectivity index (χ1n) is 8.44. The summed E-state index contributed by atoms with van der Waals surface area (Å²) >= 11 is 0. The number of hydrogen-bond donors (Lipinski definition) is 0. The number of pyridine rings is 1. The number of allylic oxidation sites excluding steroid dienone is 4. The zero-order valence-electron chi connectivity index (χ0n) is 15.0. The number of rotatable bonds is 3. The minimum absolute atomic E-state index is 0.214. The van der Waals surface area contributed by atoms with E-state index in [0.717, 1.165) is 0 Å². The van der Waals surface area contributed by atoms with E-state index in [1.165, 1.54) is 36.6 Å². The van der Waals surface area contributed by atoms with Crippen LogP contribution >= 0.6 is 0 Å². The van der Waals surface area contributed by atoms with E-state index in [0.29, 0.717) is 17.7 Å². The number of ether oxygens (including phenoxy) is 1. The van der Waals surface area contributed by atoms with Gasteiger partial charge in [0, 0.05) is 18.0 Å². The molecular weight excluding hydrogens is 298 g/mol. The van der Waals surface area contributed by atoms with E-state index < -0.39 is 0 Å². The Morgan fingerprint density at radius 1 is 1.42 bits per heavy atom. The molecule has 24 heavy (non-hydrogen) atoms. The summed E-state index contributed by atoms with van der Waals surface area (Å²) in [5, 5.41) is 0. The summed E-state index contributed by atoms with van der Waals surface area (Å²) in [5.74, 6) is 5.72. The maximum atomic E-state index is 11.7. The average Bonchev–Trinajstić information content (AvgIpc) is 2.54. The molecule has 0 saturated carbocycles. The van der Waals surface area contributed by atoms with Crippen LogP contribution in [0.25, 0.3) is 0 Å². The Morgan fingerprint density at radius 2 is 2.21 bits per heavy atom. The summed E-state index contributed by atoms with van der Waals surface area (Å²) in [6.07, 6.45) is 10.8. The molecule has 0 fully saturated rings. The van der Waals surface area contributed by atoms with Gasteiger partial charge in [0.2, 0.25) is 0 Å². The quantitative estimate of drug-likeness (QED) is 0.598. The highest BCUT2D eigenvalue weighted by Gasteiger charge is 2.26. The SMILES string of the molecule is CCOC(=O)c1cncc(C#C/C=C/C2=C(C)CCCC2(C)C)c1. The first kappa shape index (κ1) is 18.0. The van der Waals surface area contributed by atoms with Crippen molar-refractivity contribution in [3.8, 4) is 11.8 Å². The second kappa shape index (κ2) is 7.97.